The maximum atomic E-state index is 12.0. The summed E-state index contributed by atoms with van der Waals surface area (Å²) < 4.78 is 0. The number of nitrogens with one attached hydrogen (secondary N) is 1. The lowest BCUT2D eigenvalue weighted by atomic mass is 10.1. The van der Waals surface area contributed by atoms with Crippen LogP contribution in [0.1, 0.15) is 11.1 Å². The molecule has 0 heterocycles. The van der Waals surface area contributed by atoms with Crippen molar-refractivity contribution in [3.05, 3.63) is 65.7 Å². The van der Waals surface area contributed by atoms with E-state index in [0.29, 0.717) is 12.1 Å². The van der Waals surface area contributed by atoms with Crippen LogP contribution in [0, 0.1) is 12.3 Å². The first kappa shape index (κ1) is 13.9. The molecular weight excluding hydrogens is 248 g/mol. The third-order valence-corrected chi connectivity index (χ3v) is 2.93. The fraction of sp³-hybridized carbons (Fsp3) is 0.118. The van der Waals surface area contributed by atoms with Crippen molar-refractivity contribution in [2.75, 3.05) is 5.32 Å². The average molecular weight is 264 g/mol. The van der Waals surface area contributed by atoms with E-state index in [1.54, 1.807) is 24.3 Å². The van der Waals surface area contributed by atoms with Crippen LogP contribution in [-0.4, -0.2) is 11.9 Å². The second kappa shape index (κ2) is 6.55. The highest BCUT2D eigenvalue weighted by Gasteiger charge is 2.14. The Bertz CT molecular complexity index is 629. The highest BCUT2D eigenvalue weighted by Crippen LogP contribution is 2.10. The molecule has 0 radical (unpaired) electrons. The summed E-state index contributed by atoms with van der Waals surface area (Å²) >= 11 is 0. The monoisotopic (exact) mass is 264 g/mol. The van der Waals surface area contributed by atoms with Crippen molar-refractivity contribution in [1.82, 2.24) is 0 Å². The molecule has 1 atom stereocenters. The van der Waals surface area contributed by atoms with Gasteiger partial charge in [0.2, 0.25) is 5.91 Å². The number of hydrogen-bond acceptors (Lipinski definition) is 2. The Labute approximate surface area is 118 Å². The lowest BCUT2D eigenvalue weighted by Gasteiger charge is -2.12. The van der Waals surface area contributed by atoms with Gasteiger partial charge < -0.3 is 11.1 Å². The van der Waals surface area contributed by atoms with Crippen LogP contribution in [0.15, 0.2) is 54.6 Å². The Morgan fingerprint density at radius 3 is 2.65 bits per heavy atom. The van der Waals surface area contributed by atoms with E-state index < -0.39 is 6.04 Å². The Balaban J connectivity index is 1.99. The average Bonchev–Trinajstić information content (AvgIpc) is 2.48. The molecule has 20 heavy (non-hydrogen) atoms. The minimum atomic E-state index is -0.591. The zero-order valence-electron chi connectivity index (χ0n) is 11.0. The first-order chi connectivity index (χ1) is 9.69. The summed E-state index contributed by atoms with van der Waals surface area (Å²) in [5, 5.41) is 2.78. The summed E-state index contributed by atoms with van der Waals surface area (Å²) in [7, 11) is 0. The maximum Gasteiger partial charge on any atom is 0.241 e. The third kappa shape index (κ3) is 3.71. The van der Waals surface area contributed by atoms with E-state index in [9.17, 15) is 4.79 Å². The van der Waals surface area contributed by atoms with Crippen molar-refractivity contribution in [1.29, 1.82) is 0 Å². The molecule has 2 aromatic rings. The molecule has 0 aliphatic carbocycles. The Morgan fingerprint density at radius 2 is 1.95 bits per heavy atom. The van der Waals surface area contributed by atoms with E-state index in [1.807, 2.05) is 30.3 Å². The molecule has 0 saturated heterocycles. The van der Waals surface area contributed by atoms with Crippen molar-refractivity contribution in [3.8, 4) is 12.3 Å². The summed E-state index contributed by atoms with van der Waals surface area (Å²) in [6, 6.07) is 16.2. The van der Waals surface area contributed by atoms with Crippen LogP contribution in [0.5, 0.6) is 0 Å². The Kier molecular flexibility index (Phi) is 4.54. The van der Waals surface area contributed by atoms with E-state index in [4.69, 9.17) is 12.2 Å². The highest BCUT2D eigenvalue weighted by molar-refractivity contribution is 5.95. The second-order valence-corrected chi connectivity index (χ2v) is 4.51. The lowest BCUT2D eigenvalue weighted by molar-refractivity contribution is -0.117. The molecule has 1 amide bonds. The zero-order chi connectivity index (χ0) is 14.4. The van der Waals surface area contributed by atoms with E-state index in [-0.39, 0.29) is 5.91 Å². The van der Waals surface area contributed by atoms with Crippen molar-refractivity contribution in [2.45, 2.75) is 12.5 Å². The molecule has 3 nitrogen and oxygen atoms in total. The van der Waals surface area contributed by atoms with Gasteiger partial charge in [-0.25, -0.2) is 0 Å². The second-order valence-electron chi connectivity index (χ2n) is 4.51. The third-order valence-electron chi connectivity index (χ3n) is 2.93. The molecule has 0 spiro atoms. The molecule has 0 bridgehead atoms. The molecule has 0 aliphatic rings. The van der Waals surface area contributed by atoms with Crippen LogP contribution >= 0.6 is 0 Å². The summed E-state index contributed by atoms with van der Waals surface area (Å²) in [6.45, 7) is 0. The molecule has 0 aromatic heterocycles. The van der Waals surface area contributed by atoms with E-state index in [2.05, 4.69) is 11.2 Å². The van der Waals surface area contributed by atoms with Gasteiger partial charge in [0.15, 0.2) is 0 Å². The number of benzene rings is 2. The summed E-state index contributed by atoms with van der Waals surface area (Å²) in [4.78, 5) is 12.0. The standard InChI is InChI=1S/C17H16N2O/c1-2-13-9-6-10-15(11-13)19-17(20)16(18)12-14-7-4-3-5-8-14/h1,3-11,16H,12,18H2,(H,19,20). The van der Waals surface area contributed by atoms with Gasteiger partial charge >= 0.3 is 0 Å². The quantitative estimate of drug-likeness (QED) is 0.832. The van der Waals surface area contributed by atoms with E-state index >= 15 is 0 Å². The van der Waals surface area contributed by atoms with Gasteiger partial charge in [-0.2, -0.15) is 0 Å². The Morgan fingerprint density at radius 1 is 1.20 bits per heavy atom. The number of anilines is 1. The predicted octanol–water partition coefficient (Wildman–Crippen LogP) is 2.18. The highest BCUT2D eigenvalue weighted by atomic mass is 16.2. The molecule has 0 fully saturated rings. The number of carbonyl (C=O) groups is 1. The first-order valence-corrected chi connectivity index (χ1v) is 6.36. The fourth-order valence-electron chi connectivity index (χ4n) is 1.88. The number of terminal acetylenes is 1. The van der Waals surface area contributed by atoms with Crippen LogP contribution in [0.25, 0.3) is 0 Å². The number of amides is 1. The molecule has 3 N–H and O–H groups in total. The first-order valence-electron chi connectivity index (χ1n) is 6.36. The van der Waals surface area contributed by atoms with Crippen LogP contribution < -0.4 is 11.1 Å². The number of hydrogen-bond donors (Lipinski definition) is 2. The lowest BCUT2D eigenvalue weighted by Crippen LogP contribution is -2.37. The minimum Gasteiger partial charge on any atom is -0.325 e. The molecule has 0 aliphatic heterocycles. The number of nitrogens with two attached hydrogens (primary N) is 1. The predicted molar refractivity (Wildman–Crippen MR) is 81.1 cm³/mol. The molecule has 2 rings (SSSR count). The van der Waals surface area contributed by atoms with Crippen LogP contribution in [0.2, 0.25) is 0 Å². The molecule has 3 heteroatoms. The fourth-order valence-corrected chi connectivity index (χ4v) is 1.88. The topological polar surface area (TPSA) is 55.1 Å². The van der Waals surface area contributed by atoms with Crippen LogP contribution in [0.4, 0.5) is 5.69 Å². The van der Waals surface area contributed by atoms with Gasteiger partial charge in [-0.1, -0.05) is 42.3 Å². The molecular formula is C17H16N2O. The summed E-state index contributed by atoms with van der Waals surface area (Å²) in [5.41, 5.74) is 8.33. The SMILES string of the molecule is C#Cc1cccc(NC(=O)C(N)Cc2ccccc2)c1. The van der Waals surface area contributed by atoms with Gasteiger partial charge in [0.1, 0.15) is 0 Å². The summed E-state index contributed by atoms with van der Waals surface area (Å²) in [6.07, 6.45) is 5.83. The van der Waals surface area contributed by atoms with Crippen molar-refractivity contribution in [2.24, 2.45) is 5.73 Å². The van der Waals surface area contributed by atoms with Gasteiger partial charge in [0.05, 0.1) is 6.04 Å². The van der Waals surface area contributed by atoms with Crippen LogP contribution in [0.3, 0.4) is 0 Å². The maximum absolute atomic E-state index is 12.0. The largest absolute Gasteiger partial charge is 0.325 e. The summed E-state index contributed by atoms with van der Waals surface area (Å²) in [5.74, 6) is 2.31. The van der Waals surface area contributed by atoms with Crippen molar-refractivity contribution in [3.63, 3.8) is 0 Å². The van der Waals surface area contributed by atoms with E-state index in [1.165, 1.54) is 0 Å². The van der Waals surface area contributed by atoms with E-state index in [0.717, 1.165) is 11.1 Å². The number of carbonyl (C=O) groups excluding carboxylic acids is 1. The van der Waals surface area contributed by atoms with Gasteiger partial charge in [-0.15, -0.1) is 6.42 Å². The number of rotatable bonds is 4. The van der Waals surface area contributed by atoms with Crippen molar-refractivity contribution >= 4 is 11.6 Å². The van der Waals surface area contributed by atoms with Gasteiger partial charge in [0.25, 0.3) is 0 Å². The normalized spacial score (nSPS) is 11.4. The molecule has 100 valence electrons. The molecule has 2 aromatic carbocycles. The van der Waals surface area contributed by atoms with Gasteiger partial charge in [-0.3, -0.25) is 4.79 Å². The molecule has 0 saturated carbocycles. The minimum absolute atomic E-state index is 0.219. The van der Waals surface area contributed by atoms with Gasteiger partial charge in [-0.05, 0) is 30.2 Å². The smallest absolute Gasteiger partial charge is 0.241 e. The Hall–Kier alpha value is -2.57. The van der Waals surface area contributed by atoms with Crippen molar-refractivity contribution < 1.29 is 4.79 Å². The van der Waals surface area contributed by atoms with Crippen LogP contribution in [-0.2, 0) is 11.2 Å². The molecule has 1 unspecified atom stereocenters. The van der Waals surface area contributed by atoms with Gasteiger partial charge in [0, 0.05) is 11.3 Å². The zero-order valence-corrected chi connectivity index (χ0v) is 11.0.